The van der Waals surface area contributed by atoms with Gasteiger partial charge in [-0.05, 0) is 102 Å². The van der Waals surface area contributed by atoms with Gasteiger partial charge in [0.2, 0.25) is 0 Å². The van der Waals surface area contributed by atoms with Crippen molar-refractivity contribution in [3.05, 3.63) is 11.6 Å². The molecular weight excluding hydrogens is 1180 g/mol. The molecule has 7 aliphatic heterocycles. The van der Waals surface area contributed by atoms with E-state index in [0.29, 0.717) is 44.9 Å². The van der Waals surface area contributed by atoms with Gasteiger partial charge in [0.05, 0.1) is 84.8 Å². The van der Waals surface area contributed by atoms with Gasteiger partial charge in [0, 0.05) is 57.8 Å². The lowest BCUT2D eigenvalue weighted by molar-refractivity contribution is -0.362. The third-order valence-electron chi connectivity index (χ3n) is 22.5. The van der Waals surface area contributed by atoms with E-state index in [4.69, 9.17) is 71.1 Å². The molecule has 11 rings (SSSR count). The lowest BCUT2D eigenvalue weighted by atomic mass is 9.41. The monoisotopic (exact) mass is 1280 g/mol. The summed E-state index contributed by atoms with van der Waals surface area (Å²) in [5.74, 6) is -0.769. The van der Waals surface area contributed by atoms with Crippen molar-refractivity contribution < 1.29 is 137 Å². The van der Waals surface area contributed by atoms with Crippen LogP contribution < -0.4 is 0 Å². The van der Waals surface area contributed by atoms with Gasteiger partial charge < -0.3 is 132 Å². The van der Waals surface area contributed by atoms with E-state index in [1.54, 1.807) is 33.8 Å². The van der Waals surface area contributed by atoms with E-state index in [2.05, 4.69) is 6.92 Å². The molecule has 0 radical (unpaired) electrons. The van der Waals surface area contributed by atoms with Gasteiger partial charge in [-0.25, -0.2) is 4.79 Å². The Balaban J connectivity index is 0.626. The van der Waals surface area contributed by atoms with E-state index in [1.165, 1.54) is 14.2 Å². The van der Waals surface area contributed by atoms with Gasteiger partial charge in [0.1, 0.15) is 86.1 Å². The molecule has 11 N–H and O–H groups in total. The van der Waals surface area contributed by atoms with Gasteiger partial charge in [0.25, 0.3) is 0 Å². The summed E-state index contributed by atoms with van der Waals surface area (Å²) in [6.07, 6.45) is -22.1. The lowest BCUT2D eigenvalue weighted by Gasteiger charge is -2.65. The average molecular weight is 1280 g/mol. The predicted molar refractivity (Wildman–Crippen MR) is 298 cm³/mol. The van der Waals surface area contributed by atoms with Crippen LogP contribution in [0.25, 0.3) is 0 Å². The molecule has 0 aromatic rings. The number of aldehydes is 1. The fourth-order valence-electron chi connectivity index (χ4n) is 17.5. The molecule has 0 bridgehead atoms. The molecule has 508 valence electrons. The average Bonchev–Trinajstić information content (AvgIpc) is 1.66. The first-order chi connectivity index (χ1) is 42.3. The number of hydrogen-bond donors (Lipinski definition) is 11. The Labute approximate surface area is 517 Å². The van der Waals surface area contributed by atoms with Gasteiger partial charge in [-0.1, -0.05) is 6.92 Å². The number of ether oxygens (including phenoxy) is 15. The minimum absolute atomic E-state index is 0.00182. The fourth-order valence-corrected chi connectivity index (χ4v) is 17.5. The van der Waals surface area contributed by atoms with Crippen LogP contribution in [0.5, 0.6) is 0 Å². The molecule has 28 nitrogen and oxygen atoms in total. The smallest absolute Gasteiger partial charge is 0.331 e. The van der Waals surface area contributed by atoms with Crippen LogP contribution in [0.2, 0.25) is 0 Å². The molecule has 4 aliphatic carbocycles. The molecule has 10 fully saturated rings. The van der Waals surface area contributed by atoms with E-state index in [1.807, 2.05) is 0 Å². The molecular formula is C61H96O28. The Kier molecular flexibility index (Phi) is 20.8. The summed E-state index contributed by atoms with van der Waals surface area (Å²) in [5, 5.41) is 121. The van der Waals surface area contributed by atoms with Gasteiger partial charge >= 0.3 is 5.97 Å². The van der Waals surface area contributed by atoms with E-state index < -0.39 is 201 Å². The van der Waals surface area contributed by atoms with Crippen molar-refractivity contribution >= 4 is 12.3 Å². The molecule has 34 atom stereocenters. The number of rotatable bonds is 18. The maximum absolute atomic E-state index is 13.4. The third kappa shape index (κ3) is 12.7. The maximum atomic E-state index is 13.4. The summed E-state index contributed by atoms with van der Waals surface area (Å²) in [6, 6.07) is 0. The summed E-state index contributed by atoms with van der Waals surface area (Å²) >= 11 is 0. The third-order valence-corrected chi connectivity index (χ3v) is 22.5. The Bertz CT molecular complexity index is 2420. The van der Waals surface area contributed by atoms with Crippen LogP contribution in [0, 0.1) is 28.6 Å². The van der Waals surface area contributed by atoms with Crippen LogP contribution in [0.15, 0.2) is 11.6 Å². The number of carbonyl (C=O) groups is 2. The lowest BCUT2D eigenvalue weighted by Crippen LogP contribution is -2.69. The fraction of sp³-hybridized carbons (Fsp3) is 0.934. The Hall–Kier alpha value is -2.12. The van der Waals surface area contributed by atoms with Crippen LogP contribution in [0.3, 0.4) is 0 Å². The highest BCUT2D eigenvalue weighted by Crippen LogP contribution is 2.70. The standard InChI is InChI=1S/C61H96O28/c1-26-52(35(64)17-42(79-26)83-31-8-13-59(25-63)33-9-12-58(5)32(30-16-41(66)77-23-30)11-15-61(58,74)34(33)10-14-60(59,73)21-31)86-43-18-36(65)53(27(2)80-43)87-44-19-37(75-6)54(28(3)81-44)88-45-20-38(76-7)55(29(4)82-45)89-57-51(72)49(70)47(68)40(85-57)24-78-56-50(71)48(69)46(67)39(22-62)84-56/h16,25-29,31-40,42-57,62,64-65,67-74H,8-15,17-24H2,1-7H3. The topological polar surface area (TPSA) is 395 Å². The summed E-state index contributed by atoms with van der Waals surface area (Å²) < 4.78 is 91.0. The van der Waals surface area contributed by atoms with Crippen LogP contribution in [-0.4, -0.2) is 280 Å². The van der Waals surface area contributed by atoms with E-state index in [9.17, 15) is 65.8 Å². The van der Waals surface area contributed by atoms with Crippen LogP contribution in [0.4, 0.5) is 0 Å². The number of esters is 1. The number of aliphatic hydroxyl groups excluding tert-OH is 9. The summed E-state index contributed by atoms with van der Waals surface area (Å²) in [6.45, 7) is 8.10. The highest BCUT2D eigenvalue weighted by Gasteiger charge is 2.72. The van der Waals surface area contributed by atoms with Crippen LogP contribution >= 0.6 is 0 Å². The zero-order chi connectivity index (χ0) is 63.8. The molecule has 89 heavy (non-hydrogen) atoms. The number of cyclic esters (lactones) is 1. The molecule has 7 heterocycles. The second-order valence-electron chi connectivity index (χ2n) is 27.4. The van der Waals surface area contributed by atoms with Crippen molar-refractivity contribution in [3.8, 4) is 0 Å². The van der Waals surface area contributed by atoms with Gasteiger partial charge in [0.15, 0.2) is 37.7 Å². The van der Waals surface area contributed by atoms with Crippen molar-refractivity contribution in [2.24, 2.45) is 28.6 Å². The molecule has 4 saturated carbocycles. The number of fused-ring (bicyclic) bond motifs is 5. The van der Waals surface area contributed by atoms with Gasteiger partial charge in [-0.15, -0.1) is 0 Å². The molecule has 28 heteroatoms. The first kappa shape index (κ1) is 68.3. The molecule has 11 aliphatic rings. The van der Waals surface area contributed by atoms with Crippen molar-refractivity contribution in [2.75, 3.05) is 34.0 Å². The highest BCUT2D eigenvalue weighted by molar-refractivity contribution is 5.85. The van der Waals surface area contributed by atoms with Crippen molar-refractivity contribution in [2.45, 2.75) is 295 Å². The Morgan fingerprint density at radius 1 is 0.573 bits per heavy atom. The van der Waals surface area contributed by atoms with Crippen molar-refractivity contribution in [3.63, 3.8) is 0 Å². The first-order valence-corrected chi connectivity index (χ1v) is 32.0. The zero-order valence-corrected chi connectivity index (χ0v) is 51.6. The molecule has 0 amide bonds. The number of aliphatic hydroxyl groups is 11. The summed E-state index contributed by atoms with van der Waals surface area (Å²) in [7, 11) is 2.98. The van der Waals surface area contributed by atoms with Crippen molar-refractivity contribution in [1.29, 1.82) is 0 Å². The number of methoxy groups -OCH3 is 2. The SMILES string of the molecule is COC1CC(OC2C(O)CC(OC3C(O)CC(OC4CCC5(C=O)C6CCC7(C)C(C8=CC(=O)OC8)CCC7(O)C6CCC5(O)C4)OC3C)OC2C)OC(C)C1OC1CC(OC)C(OC2OC(COC3OC(CO)C(O)C(O)C3O)C(O)C(O)C2O)C(C)O1. The molecule has 0 spiro atoms. The molecule has 0 aromatic carbocycles. The zero-order valence-electron chi connectivity index (χ0n) is 51.6. The highest BCUT2D eigenvalue weighted by atomic mass is 16.8. The predicted octanol–water partition coefficient (Wildman–Crippen LogP) is -1.62. The van der Waals surface area contributed by atoms with Crippen molar-refractivity contribution in [1.82, 2.24) is 0 Å². The van der Waals surface area contributed by atoms with Gasteiger partial charge in [-0.3, -0.25) is 0 Å². The second-order valence-corrected chi connectivity index (χ2v) is 27.4. The van der Waals surface area contributed by atoms with Gasteiger partial charge in [-0.2, -0.15) is 0 Å². The Morgan fingerprint density at radius 2 is 1.09 bits per heavy atom. The largest absolute Gasteiger partial charge is 0.458 e. The van der Waals surface area contributed by atoms with Crippen LogP contribution in [0.1, 0.15) is 118 Å². The first-order valence-electron chi connectivity index (χ1n) is 32.0. The number of hydrogen-bond acceptors (Lipinski definition) is 28. The second kappa shape index (κ2) is 27.2. The molecule has 34 unspecified atom stereocenters. The van der Waals surface area contributed by atoms with Crippen LogP contribution in [-0.2, 0) is 80.6 Å². The van der Waals surface area contributed by atoms with E-state index in [-0.39, 0.29) is 62.4 Å². The summed E-state index contributed by atoms with van der Waals surface area (Å²) in [4.78, 5) is 25.5. The molecule has 0 aromatic heterocycles. The Morgan fingerprint density at radius 3 is 1.64 bits per heavy atom. The normalized spacial score (nSPS) is 53.7. The van der Waals surface area contributed by atoms with E-state index >= 15 is 0 Å². The summed E-state index contributed by atoms with van der Waals surface area (Å²) in [5.41, 5.74) is -3.06. The quantitative estimate of drug-likeness (QED) is 0.0417. The maximum Gasteiger partial charge on any atom is 0.331 e. The van der Waals surface area contributed by atoms with E-state index in [0.717, 1.165) is 18.3 Å². The molecule has 6 saturated heterocycles. The minimum atomic E-state index is -1.78. The number of carbonyl (C=O) groups excluding carboxylic acids is 2. The minimum Gasteiger partial charge on any atom is -0.458 e.